The third-order valence-electron chi connectivity index (χ3n) is 3.37. The zero-order chi connectivity index (χ0) is 13.0. The van der Waals surface area contributed by atoms with E-state index in [1.54, 1.807) is 21.3 Å². The number of hydrogen-bond acceptors (Lipinski definition) is 4. The largest absolute Gasteiger partial charge is 0.493 e. The van der Waals surface area contributed by atoms with Crippen molar-refractivity contribution in [1.29, 1.82) is 0 Å². The molecule has 0 aliphatic carbocycles. The minimum atomic E-state index is 0.653. The highest BCUT2D eigenvalue weighted by Crippen LogP contribution is 2.41. The standard InChI is InChI=1S/C14H21NO3/c1-16-12-9-11(15-7-5-4-6-8-15)10-13(17-2)14(12)18-3/h9-10H,4-8H2,1-3H3. The molecule has 1 aliphatic heterocycles. The van der Waals surface area contributed by atoms with Gasteiger partial charge in [0.2, 0.25) is 5.75 Å². The maximum Gasteiger partial charge on any atom is 0.203 e. The number of nitrogens with zero attached hydrogens (tertiary/aromatic N) is 1. The Kier molecular flexibility index (Phi) is 4.18. The lowest BCUT2D eigenvalue weighted by Crippen LogP contribution is -2.29. The van der Waals surface area contributed by atoms with E-state index in [2.05, 4.69) is 4.90 Å². The fraction of sp³-hybridized carbons (Fsp3) is 0.571. The van der Waals surface area contributed by atoms with E-state index >= 15 is 0 Å². The molecule has 18 heavy (non-hydrogen) atoms. The van der Waals surface area contributed by atoms with Crippen molar-refractivity contribution in [2.75, 3.05) is 39.3 Å². The van der Waals surface area contributed by atoms with Crippen LogP contribution >= 0.6 is 0 Å². The highest BCUT2D eigenvalue weighted by atomic mass is 16.5. The van der Waals surface area contributed by atoms with E-state index in [0.717, 1.165) is 30.3 Å². The normalized spacial score (nSPS) is 15.4. The van der Waals surface area contributed by atoms with Crippen LogP contribution in [0.15, 0.2) is 12.1 Å². The summed E-state index contributed by atoms with van der Waals surface area (Å²) >= 11 is 0. The molecule has 1 heterocycles. The molecule has 0 N–H and O–H groups in total. The van der Waals surface area contributed by atoms with E-state index in [1.807, 2.05) is 12.1 Å². The van der Waals surface area contributed by atoms with Gasteiger partial charge >= 0.3 is 0 Å². The van der Waals surface area contributed by atoms with Gasteiger partial charge in [0.1, 0.15) is 0 Å². The molecule has 0 bridgehead atoms. The van der Waals surface area contributed by atoms with Crippen molar-refractivity contribution in [3.8, 4) is 17.2 Å². The van der Waals surface area contributed by atoms with Gasteiger partial charge in [-0.15, -0.1) is 0 Å². The molecule has 0 saturated carbocycles. The lowest BCUT2D eigenvalue weighted by Gasteiger charge is -2.29. The predicted molar refractivity (Wildman–Crippen MR) is 72.2 cm³/mol. The van der Waals surface area contributed by atoms with Gasteiger partial charge in [-0.05, 0) is 19.3 Å². The van der Waals surface area contributed by atoms with Crippen LogP contribution in [0.5, 0.6) is 17.2 Å². The Morgan fingerprint density at radius 2 is 1.39 bits per heavy atom. The van der Waals surface area contributed by atoms with Crippen LogP contribution in [0.4, 0.5) is 5.69 Å². The van der Waals surface area contributed by atoms with Crippen LogP contribution in [0.25, 0.3) is 0 Å². The number of methoxy groups -OCH3 is 3. The molecule has 1 aliphatic rings. The summed E-state index contributed by atoms with van der Waals surface area (Å²) in [5.74, 6) is 2.09. The number of piperidine rings is 1. The average molecular weight is 251 g/mol. The van der Waals surface area contributed by atoms with Gasteiger partial charge in [0.15, 0.2) is 11.5 Å². The third-order valence-corrected chi connectivity index (χ3v) is 3.37. The molecule has 0 unspecified atom stereocenters. The van der Waals surface area contributed by atoms with E-state index < -0.39 is 0 Å². The number of benzene rings is 1. The molecular formula is C14H21NO3. The number of ether oxygens (including phenoxy) is 3. The van der Waals surface area contributed by atoms with Crippen molar-refractivity contribution in [3.63, 3.8) is 0 Å². The highest BCUT2D eigenvalue weighted by molar-refractivity contribution is 5.63. The molecular weight excluding hydrogens is 230 g/mol. The summed E-state index contributed by atoms with van der Waals surface area (Å²) in [5, 5.41) is 0. The second kappa shape index (κ2) is 5.85. The first-order chi connectivity index (χ1) is 8.80. The van der Waals surface area contributed by atoms with Crippen LogP contribution in [0.2, 0.25) is 0 Å². The Balaban J connectivity index is 2.35. The predicted octanol–water partition coefficient (Wildman–Crippen LogP) is 2.70. The second-order valence-electron chi connectivity index (χ2n) is 4.43. The topological polar surface area (TPSA) is 30.9 Å². The smallest absolute Gasteiger partial charge is 0.203 e. The Hall–Kier alpha value is -1.58. The molecule has 100 valence electrons. The van der Waals surface area contributed by atoms with Crippen LogP contribution in [-0.4, -0.2) is 34.4 Å². The average Bonchev–Trinajstić information content (AvgIpc) is 2.46. The van der Waals surface area contributed by atoms with Gasteiger partial charge in [0.05, 0.1) is 21.3 Å². The Labute approximate surface area is 108 Å². The quantitative estimate of drug-likeness (QED) is 0.823. The molecule has 0 amide bonds. The number of rotatable bonds is 4. The summed E-state index contributed by atoms with van der Waals surface area (Å²) in [7, 11) is 4.93. The zero-order valence-corrected chi connectivity index (χ0v) is 11.4. The Morgan fingerprint density at radius 1 is 0.833 bits per heavy atom. The van der Waals surface area contributed by atoms with Crippen LogP contribution in [-0.2, 0) is 0 Å². The van der Waals surface area contributed by atoms with Crippen LogP contribution < -0.4 is 19.1 Å². The fourth-order valence-electron chi connectivity index (χ4n) is 2.40. The van der Waals surface area contributed by atoms with E-state index in [1.165, 1.54) is 19.3 Å². The monoisotopic (exact) mass is 251 g/mol. The molecule has 4 heteroatoms. The van der Waals surface area contributed by atoms with Gasteiger partial charge in [-0.2, -0.15) is 0 Å². The molecule has 0 spiro atoms. The van der Waals surface area contributed by atoms with Crippen molar-refractivity contribution in [3.05, 3.63) is 12.1 Å². The van der Waals surface area contributed by atoms with E-state index in [0.29, 0.717) is 5.75 Å². The SMILES string of the molecule is COc1cc(N2CCCCC2)cc(OC)c1OC. The molecule has 2 rings (SSSR count). The molecule has 4 nitrogen and oxygen atoms in total. The first-order valence-electron chi connectivity index (χ1n) is 6.35. The van der Waals surface area contributed by atoms with Crippen LogP contribution in [0, 0.1) is 0 Å². The van der Waals surface area contributed by atoms with Crippen molar-refractivity contribution in [2.24, 2.45) is 0 Å². The molecule has 1 fully saturated rings. The molecule has 0 atom stereocenters. The number of anilines is 1. The van der Waals surface area contributed by atoms with Crippen LogP contribution in [0.3, 0.4) is 0 Å². The molecule has 0 radical (unpaired) electrons. The van der Waals surface area contributed by atoms with Crippen LogP contribution in [0.1, 0.15) is 19.3 Å². The minimum Gasteiger partial charge on any atom is -0.493 e. The van der Waals surface area contributed by atoms with Crippen molar-refractivity contribution >= 4 is 5.69 Å². The molecule has 1 saturated heterocycles. The molecule has 0 aromatic heterocycles. The summed E-state index contributed by atoms with van der Waals surface area (Å²) in [6, 6.07) is 4.04. The van der Waals surface area contributed by atoms with Gasteiger partial charge in [-0.1, -0.05) is 0 Å². The van der Waals surface area contributed by atoms with Gasteiger partial charge < -0.3 is 19.1 Å². The summed E-state index contributed by atoms with van der Waals surface area (Å²) in [6.07, 6.45) is 3.81. The Morgan fingerprint density at radius 3 is 1.83 bits per heavy atom. The summed E-state index contributed by atoms with van der Waals surface area (Å²) in [6.45, 7) is 2.19. The van der Waals surface area contributed by atoms with E-state index in [9.17, 15) is 0 Å². The summed E-state index contributed by atoms with van der Waals surface area (Å²) in [5.41, 5.74) is 1.14. The maximum absolute atomic E-state index is 5.38. The lowest BCUT2D eigenvalue weighted by atomic mass is 10.1. The van der Waals surface area contributed by atoms with E-state index in [4.69, 9.17) is 14.2 Å². The second-order valence-corrected chi connectivity index (χ2v) is 4.43. The van der Waals surface area contributed by atoms with Gasteiger partial charge in [0.25, 0.3) is 0 Å². The van der Waals surface area contributed by atoms with Crippen molar-refractivity contribution < 1.29 is 14.2 Å². The first-order valence-corrected chi connectivity index (χ1v) is 6.35. The van der Waals surface area contributed by atoms with Gasteiger partial charge in [0, 0.05) is 30.9 Å². The molecule has 1 aromatic rings. The zero-order valence-electron chi connectivity index (χ0n) is 11.4. The van der Waals surface area contributed by atoms with Gasteiger partial charge in [-0.25, -0.2) is 0 Å². The third kappa shape index (κ3) is 2.47. The van der Waals surface area contributed by atoms with Crippen molar-refractivity contribution in [1.82, 2.24) is 0 Å². The molecule has 1 aromatic carbocycles. The lowest BCUT2D eigenvalue weighted by molar-refractivity contribution is 0.324. The van der Waals surface area contributed by atoms with Crippen molar-refractivity contribution in [2.45, 2.75) is 19.3 Å². The summed E-state index contributed by atoms with van der Waals surface area (Å²) in [4.78, 5) is 2.37. The number of hydrogen-bond donors (Lipinski definition) is 0. The highest BCUT2D eigenvalue weighted by Gasteiger charge is 2.17. The van der Waals surface area contributed by atoms with Gasteiger partial charge in [-0.3, -0.25) is 0 Å². The van der Waals surface area contributed by atoms with E-state index in [-0.39, 0.29) is 0 Å². The minimum absolute atomic E-state index is 0.653. The fourth-order valence-corrected chi connectivity index (χ4v) is 2.40. The summed E-state index contributed by atoms with van der Waals surface area (Å²) < 4.78 is 16.1. The Bertz CT molecular complexity index is 375. The maximum atomic E-state index is 5.38. The first kappa shape index (κ1) is 12.9.